The molecule has 0 spiro atoms. The highest BCUT2D eigenvalue weighted by Crippen LogP contribution is 2.70. The van der Waals surface area contributed by atoms with Gasteiger partial charge < -0.3 is 14.2 Å². The van der Waals surface area contributed by atoms with Crippen LogP contribution in [0.25, 0.3) is 11.1 Å². The number of benzene rings is 1. The number of aromatic nitrogens is 3. The van der Waals surface area contributed by atoms with Gasteiger partial charge >= 0.3 is 6.61 Å². The molecule has 3 saturated carbocycles. The van der Waals surface area contributed by atoms with Crippen molar-refractivity contribution >= 4 is 11.6 Å². The molecule has 6 rings (SSSR count). The summed E-state index contributed by atoms with van der Waals surface area (Å²) in [5.74, 6) is 1.29. The number of rotatable bonds is 11. The average molecular weight is 543 g/mol. The van der Waals surface area contributed by atoms with Crippen LogP contribution < -0.4 is 9.64 Å². The number of ether oxygens (including phenoxy) is 1. The highest BCUT2D eigenvalue weighted by molar-refractivity contribution is 6.00. The monoisotopic (exact) mass is 542 g/mol. The fraction of sp³-hybridized carbons (Fsp3) is 0.517. The summed E-state index contributed by atoms with van der Waals surface area (Å²) in [6.45, 7) is 3.65. The molecular weight excluding hydrogens is 509 g/mol. The summed E-state index contributed by atoms with van der Waals surface area (Å²) in [4.78, 5) is 24.2. The van der Waals surface area contributed by atoms with E-state index in [9.17, 15) is 18.0 Å². The molecule has 39 heavy (non-hydrogen) atoms. The zero-order valence-corrected chi connectivity index (χ0v) is 22.4. The van der Waals surface area contributed by atoms with Crippen LogP contribution in [-0.4, -0.2) is 39.9 Å². The Morgan fingerprint density at radius 1 is 1.08 bits per heavy atom. The smallest absolute Gasteiger partial charge is 0.387 e. The van der Waals surface area contributed by atoms with Gasteiger partial charge in [0.25, 0.3) is 0 Å². The summed E-state index contributed by atoms with van der Waals surface area (Å²) in [6, 6.07) is 8.13. The summed E-state index contributed by atoms with van der Waals surface area (Å²) in [6.07, 6.45) is 7.26. The van der Waals surface area contributed by atoms with Gasteiger partial charge in [0, 0.05) is 30.1 Å². The molecule has 3 aromatic rings. The lowest BCUT2D eigenvalue weighted by molar-refractivity contribution is -0.211. The van der Waals surface area contributed by atoms with Gasteiger partial charge in [0.05, 0.1) is 17.3 Å². The first-order valence-corrected chi connectivity index (χ1v) is 13.3. The first kappa shape index (κ1) is 27.1. The normalized spacial score (nSPS) is 21.8. The molecular formula is C29H33F3N4O3. The SMILES string of the molecule is CC(C)(C)c1nc(CCCCCN(C(=O)C23CC(F)(C2)C3)c2cncc(-c3ccc(OC(F)F)cc3)c2)no1. The van der Waals surface area contributed by atoms with Crippen molar-refractivity contribution < 1.29 is 27.2 Å². The third kappa shape index (κ3) is 5.79. The zero-order chi connectivity index (χ0) is 27.8. The van der Waals surface area contributed by atoms with E-state index in [0.29, 0.717) is 30.4 Å². The van der Waals surface area contributed by atoms with E-state index in [4.69, 9.17) is 4.52 Å². The molecule has 10 heteroatoms. The van der Waals surface area contributed by atoms with Crippen LogP contribution in [0.4, 0.5) is 18.9 Å². The van der Waals surface area contributed by atoms with Crippen LogP contribution in [0, 0.1) is 5.41 Å². The van der Waals surface area contributed by atoms with E-state index in [1.54, 1.807) is 29.4 Å². The van der Waals surface area contributed by atoms with Crippen LogP contribution in [-0.2, 0) is 16.6 Å². The van der Waals surface area contributed by atoms with Crippen LogP contribution in [0.2, 0.25) is 0 Å². The quantitative estimate of drug-likeness (QED) is 0.252. The summed E-state index contributed by atoms with van der Waals surface area (Å²) in [5, 5.41) is 4.07. The second kappa shape index (κ2) is 10.3. The van der Waals surface area contributed by atoms with Crippen LogP contribution in [0.5, 0.6) is 5.75 Å². The lowest BCUT2D eigenvalue weighted by Gasteiger charge is -2.65. The minimum Gasteiger partial charge on any atom is -0.435 e. The number of hydrogen-bond donors (Lipinski definition) is 0. The van der Waals surface area contributed by atoms with Crippen molar-refractivity contribution in [2.24, 2.45) is 5.41 Å². The van der Waals surface area contributed by atoms with Crippen molar-refractivity contribution in [1.29, 1.82) is 0 Å². The van der Waals surface area contributed by atoms with Gasteiger partial charge in [-0.05, 0) is 55.9 Å². The minimum absolute atomic E-state index is 0.0605. The molecule has 2 heterocycles. The second-order valence-electron chi connectivity index (χ2n) is 11.8. The predicted molar refractivity (Wildman–Crippen MR) is 139 cm³/mol. The number of unbranched alkanes of at least 4 members (excludes halogenated alkanes) is 2. The number of alkyl halides is 3. The second-order valence-corrected chi connectivity index (χ2v) is 11.8. The van der Waals surface area contributed by atoms with Gasteiger partial charge in [-0.3, -0.25) is 9.78 Å². The molecule has 0 unspecified atom stereocenters. The predicted octanol–water partition coefficient (Wildman–Crippen LogP) is 6.67. The fourth-order valence-corrected chi connectivity index (χ4v) is 5.48. The van der Waals surface area contributed by atoms with E-state index in [2.05, 4.69) is 19.9 Å². The maximum absolute atomic E-state index is 14.3. The van der Waals surface area contributed by atoms with Crippen molar-refractivity contribution in [2.75, 3.05) is 11.4 Å². The zero-order valence-electron chi connectivity index (χ0n) is 22.4. The van der Waals surface area contributed by atoms with Gasteiger partial charge in [-0.15, -0.1) is 0 Å². The number of carbonyl (C=O) groups excluding carboxylic acids is 1. The highest BCUT2D eigenvalue weighted by Gasteiger charge is 2.73. The van der Waals surface area contributed by atoms with Crippen LogP contribution >= 0.6 is 0 Å². The molecule has 0 saturated heterocycles. The van der Waals surface area contributed by atoms with Gasteiger partial charge in [-0.1, -0.05) is 44.5 Å². The van der Waals surface area contributed by atoms with Gasteiger partial charge in [0.1, 0.15) is 11.4 Å². The molecule has 2 aromatic heterocycles. The number of halogens is 3. The van der Waals surface area contributed by atoms with Gasteiger partial charge in [-0.2, -0.15) is 13.8 Å². The number of nitrogens with zero attached hydrogens (tertiary/aromatic N) is 4. The van der Waals surface area contributed by atoms with Crippen LogP contribution in [0.3, 0.4) is 0 Å². The first-order valence-electron chi connectivity index (χ1n) is 13.3. The molecule has 0 radical (unpaired) electrons. The Labute approximate surface area is 225 Å². The number of anilines is 1. The lowest BCUT2D eigenvalue weighted by atomic mass is 9.42. The fourth-order valence-electron chi connectivity index (χ4n) is 5.48. The van der Waals surface area contributed by atoms with E-state index in [1.807, 2.05) is 26.8 Å². The molecule has 2 bridgehead atoms. The third-order valence-corrected chi connectivity index (χ3v) is 7.50. The van der Waals surface area contributed by atoms with Crippen molar-refractivity contribution in [3.05, 3.63) is 54.4 Å². The van der Waals surface area contributed by atoms with Gasteiger partial charge in [0.2, 0.25) is 11.8 Å². The first-order chi connectivity index (χ1) is 18.5. The number of carbonyl (C=O) groups is 1. The number of hydrogen-bond acceptors (Lipinski definition) is 6. The van der Waals surface area contributed by atoms with Crippen molar-refractivity contribution in [3.63, 3.8) is 0 Å². The lowest BCUT2D eigenvalue weighted by Crippen LogP contribution is -2.70. The van der Waals surface area contributed by atoms with E-state index >= 15 is 0 Å². The Bertz CT molecular complexity index is 1300. The van der Waals surface area contributed by atoms with E-state index in [-0.39, 0.29) is 36.3 Å². The van der Waals surface area contributed by atoms with Crippen LogP contribution in [0.15, 0.2) is 47.2 Å². The summed E-state index contributed by atoms with van der Waals surface area (Å²) < 4.78 is 49.1. The molecule has 3 aliphatic carbocycles. The van der Waals surface area contributed by atoms with Crippen molar-refractivity contribution in [1.82, 2.24) is 15.1 Å². The molecule has 0 aliphatic heterocycles. The van der Waals surface area contributed by atoms with E-state index in [0.717, 1.165) is 30.4 Å². The van der Waals surface area contributed by atoms with Crippen molar-refractivity contribution in [3.8, 4) is 16.9 Å². The molecule has 1 amide bonds. The highest BCUT2D eigenvalue weighted by atomic mass is 19.3. The van der Waals surface area contributed by atoms with Gasteiger partial charge in [-0.25, -0.2) is 4.39 Å². The number of aryl methyl sites for hydroxylation is 1. The molecule has 0 atom stereocenters. The molecule has 7 nitrogen and oxygen atoms in total. The average Bonchev–Trinajstić information content (AvgIpc) is 3.33. The molecule has 0 N–H and O–H groups in total. The van der Waals surface area contributed by atoms with E-state index < -0.39 is 17.7 Å². The maximum Gasteiger partial charge on any atom is 0.387 e. The Hall–Kier alpha value is -3.43. The Morgan fingerprint density at radius 2 is 1.79 bits per heavy atom. The number of amides is 1. The number of pyridine rings is 1. The summed E-state index contributed by atoms with van der Waals surface area (Å²) >= 11 is 0. The summed E-state index contributed by atoms with van der Waals surface area (Å²) in [7, 11) is 0. The third-order valence-electron chi connectivity index (χ3n) is 7.50. The minimum atomic E-state index is -2.89. The maximum atomic E-state index is 14.3. The molecule has 208 valence electrons. The topological polar surface area (TPSA) is 81.4 Å². The van der Waals surface area contributed by atoms with E-state index in [1.165, 1.54) is 12.1 Å². The Balaban J connectivity index is 1.25. The van der Waals surface area contributed by atoms with Crippen molar-refractivity contribution in [2.45, 2.75) is 83.4 Å². The van der Waals surface area contributed by atoms with Crippen LogP contribution in [0.1, 0.15) is 71.0 Å². The summed E-state index contributed by atoms with van der Waals surface area (Å²) in [5.41, 5.74) is 0.126. The Morgan fingerprint density at radius 3 is 2.41 bits per heavy atom. The Kier molecular flexibility index (Phi) is 7.15. The molecule has 1 aromatic carbocycles. The largest absolute Gasteiger partial charge is 0.435 e. The molecule has 3 aliphatic rings. The molecule has 3 fully saturated rings. The standard InChI is InChI=1S/C29H33F3N4O3/c1-27(2,3)24-34-23(35-39-24)7-5-4-6-12-36(25(37)28-16-29(32,17-28)18-28)21-13-20(14-33-15-21)19-8-10-22(11-9-19)38-26(30)31/h8-11,13-15,26H,4-7,12,16-18H2,1-3H3. The van der Waals surface area contributed by atoms with Gasteiger partial charge in [0.15, 0.2) is 5.82 Å².